The van der Waals surface area contributed by atoms with Gasteiger partial charge in [0.15, 0.2) is 0 Å². The quantitative estimate of drug-likeness (QED) is 0.371. The minimum atomic E-state index is -0.879. The van der Waals surface area contributed by atoms with E-state index in [0.29, 0.717) is 0 Å². The number of hydrogen-bond donors (Lipinski definition) is 5. The van der Waals surface area contributed by atoms with Gasteiger partial charge in [-0.1, -0.05) is 0 Å². The fourth-order valence-corrected chi connectivity index (χ4v) is 0.764. The lowest BCUT2D eigenvalue weighted by Gasteiger charge is -2.09. The highest BCUT2D eigenvalue weighted by molar-refractivity contribution is 5.74. The first kappa shape index (κ1) is 17.3. The van der Waals surface area contributed by atoms with Gasteiger partial charge in [-0.3, -0.25) is 4.79 Å². The zero-order valence-electron chi connectivity index (χ0n) is 11.1. The van der Waals surface area contributed by atoms with E-state index >= 15 is 0 Å². The number of nitrogens with one attached hydrogen (secondary N) is 5. The highest BCUT2D eigenvalue weighted by Gasteiger charge is 2.05. The molecule has 0 saturated carbocycles. The molecule has 0 saturated heterocycles. The summed E-state index contributed by atoms with van der Waals surface area (Å²) in [6, 6.07) is -0.473. The normalized spacial score (nSPS) is 8.90. The first-order valence-corrected chi connectivity index (χ1v) is 5.47. The van der Waals surface area contributed by atoms with Crippen LogP contribution in [-0.4, -0.2) is 51.3 Å². The summed E-state index contributed by atoms with van der Waals surface area (Å²) in [5.74, 6) is -0.315. The summed E-state index contributed by atoms with van der Waals surface area (Å²) in [5, 5.41) is 11.2. The molecule has 0 aromatic rings. The number of urea groups is 1. The predicted molar refractivity (Wildman–Crippen MR) is 65.2 cm³/mol. The van der Waals surface area contributed by atoms with Crippen molar-refractivity contribution in [3.05, 3.63) is 0 Å². The topological polar surface area (TPSA) is 147 Å². The van der Waals surface area contributed by atoms with Crippen LogP contribution >= 0.6 is 0 Å². The molecule has 0 atom stereocenters. The second-order valence-corrected chi connectivity index (χ2v) is 3.18. The van der Waals surface area contributed by atoms with Crippen molar-refractivity contribution in [1.29, 1.82) is 0 Å². The molecule has 0 bridgehead atoms. The molecule has 0 aliphatic heterocycles. The standard InChI is InChI=1S/C9H17N5O6/c1-6(15)11-3-13-8(17)19-5-20-9(18)14-4-12-7(16)10-2/h3-5H2,1-2H3,(H,11,15)(H,13,17)(H,14,18)(H2,10,12,16). The molecule has 114 valence electrons. The lowest BCUT2D eigenvalue weighted by molar-refractivity contribution is -0.119. The van der Waals surface area contributed by atoms with Gasteiger partial charge in [0.25, 0.3) is 0 Å². The summed E-state index contributed by atoms with van der Waals surface area (Å²) in [7, 11) is 1.42. The fraction of sp³-hybridized carbons (Fsp3) is 0.556. The average molecular weight is 291 g/mol. The summed E-state index contributed by atoms with van der Waals surface area (Å²) in [4.78, 5) is 43.2. The van der Waals surface area contributed by atoms with E-state index in [1.165, 1.54) is 14.0 Å². The van der Waals surface area contributed by atoms with Crippen molar-refractivity contribution in [1.82, 2.24) is 26.6 Å². The number of alkyl carbamates (subject to hydrolysis) is 2. The van der Waals surface area contributed by atoms with E-state index in [2.05, 4.69) is 36.1 Å². The molecular weight excluding hydrogens is 274 g/mol. The number of hydrogen-bond acceptors (Lipinski definition) is 6. The van der Waals surface area contributed by atoms with Gasteiger partial charge in [0, 0.05) is 14.0 Å². The molecule has 0 fully saturated rings. The minimum absolute atomic E-state index is 0.101. The lowest BCUT2D eigenvalue weighted by atomic mass is 10.7. The van der Waals surface area contributed by atoms with Crippen LogP contribution in [0.4, 0.5) is 14.4 Å². The molecule has 0 spiro atoms. The van der Waals surface area contributed by atoms with Gasteiger partial charge < -0.3 is 36.1 Å². The zero-order chi connectivity index (χ0) is 15.4. The number of carbonyl (C=O) groups excluding carboxylic acids is 4. The Morgan fingerprint density at radius 2 is 1.35 bits per heavy atom. The van der Waals surface area contributed by atoms with E-state index in [0.717, 1.165) is 0 Å². The maximum absolute atomic E-state index is 11.0. The lowest BCUT2D eigenvalue weighted by Crippen LogP contribution is -2.41. The van der Waals surface area contributed by atoms with E-state index in [1.807, 2.05) is 0 Å². The monoisotopic (exact) mass is 291 g/mol. The highest BCUT2D eigenvalue weighted by Crippen LogP contribution is 1.81. The van der Waals surface area contributed by atoms with E-state index in [-0.39, 0.29) is 19.2 Å². The molecule has 20 heavy (non-hydrogen) atoms. The molecule has 0 aliphatic carbocycles. The van der Waals surface area contributed by atoms with E-state index < -0.39 is 25.0 Å². The van der Waals surface area contributed by atoms with E-state index in [1.54, 1.807) is 0 Å². The van der Waals surface area contributed by atoms with E-state index in [4.69, 9.17) is 0 Å². The summed E-state index contributed by atoms with van der Waals surface area (Å²) in [6.07, 6.45) is -1.74. The molecule has 0 aromatic heterocycles. The molecule has 0 radical (unpaired) electrons. The summed E-state index contributed by atoms with van der Waals surface area (Å²) in [5.41, 5.74) is 0. The fourth-order valence-electron chi connectivity index (χ4n) is 0.764. The summed E-state index contributed by atoms with van der Waals surface area (Å²) >= 11 is 0. The SMILES string of the molecule is CNC(=O)NCNC(=O)OCOC(=O)NCNC(C)=O. The number of rotatable bonds is 6. The van der Waals surface area contributed by atoms with Crippen LogP contribution in [0.5, 0.6) is 0 Å². The maximum Gasteiger partial charge on any atom is 0.411 e. The Morgan fingerprint density at radius 3 is 1.80 bits per heavy atom. The van der Waals surface area contributed by atoms with Crippen molar-refractivity contribution < 1.29 is 28.7 Å². The second kappa shape index (κ2) is 10.2. The number of carbonyl (C=O) groups is 4. The van der Waals surface area contributed by atoms with Crippen molar-refractivity contribution in [2.24, 2.45) is 0 Å². The van der Waals surface area contributed by atoms with Crippen molar-refractivity contribution in [2.45, 2.75) is 6.92 Å². The molecule has 11 nitrogen and oxygen atoms in total. The molecule has 0 rings (SSSR count). The molecule has 0 unspecified atom stereocenters. The molecular formula is C9H17N5O6. The Hall–Kier alpha value is -2.72. The van der Waals surface area contributed by atoms with Crippen LogP contribution in [0.15, 0.2) is 0 Å². The van der Waals surface area contributed by atoms with Crippen LogP contribution in [0.2, 0.25) is 0 Å². The first-order valence-electron chi connectivity index (χ1n) is 5.47. The molecule has 0 heterocycles. The van der Waals surface area contributed by atoms with Gasteiger partial charge in [0.1, 0.15) is 0 Å². The van der Waals surface area contributed by atoms with Crippen LogP contribution < -0.4 is 26.6 Å². The summed E-state index contributed by atoms with van der Waals surface area (Å²) < 4.78 is 8.92. The molecule has 5 N–H and O–H groups in total. The Bertz CT molecular complexity index is 361. The molecule has 0 aliphatic rings. The van der Waals surface area contributed by atoms with Gasteiger partial charge >= 0.3 is 18.2 Å². The van der Waals surface area contributed by atoms with Gasteiger partial charge in [-0.25, -0.2) is 14.4 Å². The van der Waals surface area contributed by atoms with Crippen molar-refractivity contribution in [3.63, 3.8) is 0 Å². The van der Waals surface area contributed by atoms with Crippen LogP contribution in [0.25, 0.3) is 0 Å². The number of ether oxygens (including phenoxy) is 2. The Morgan fingerprint density at radius 1 is 0.850 bits per heavy atom. The van der Waals surface area contributed by atoms with Crippen molar-refractivity contribution in [3.8, 4) is 0 Å². The Kier molecular flexibility index (Phi) is 8.83. The second-order valence-electron chi connectivity index (χ2n) is 3.18. The third-order valence-electron chi connectivity index (χ3n) is 1.66. The average Bonchev–Trinajstić information content (AvgIpc) is 2.38. The van der Waals surface area contributed by atoms with Gasteiger partial charge in [-0.05, 0) is 0 Å². The predicted octanol–water partition coefficient (Wildman–Crippen LogP) is -1.62. The molecule has 0 aromatic carbocycles. The van der Waals surface area contributed by atoms with Gasteiger partial charge in [0.05, 0.1) is 13.3 Å². The van der Waals surface area contributed by atoms with Crippen LogP contribution in [0.3, 0.4) is 0 Å². The summed E-state index contributed by atoms with van der Waals surface area (Å²) in [6.45, 7) is 0.425. The molecule has 5 amide bonds. The highest BCUT2D eigenvalue weighted by atomic mass is 16.7. The number of amides is 5. The smallest absolute Gasteiger partial charge is 0.411 e. The molecule has 11 heteroatoms. The van der Waals surface area contributed by atoms with E-state index in [9.17, 15) is 19.2 Å². The first-order chi connectivity index (χ1) is 9.45. The van der Waals surface area contributed by atoms with Gasteiger partial charge in [-0.2, -0.15) is 0 Å². The Balaban J connectivity index is 3.53. The van der Waals surface area contributed by atoms with Crippen molar-refractivity contribution >= 4 is 24.1 Å². The third-order valence-corrected chi connectivity index (χ3v) is 1.66. The van der Waals surface area contributed by atoms with Crippen molar-refractivity contribution in [2.75, 3.05) is 27.2 Å². The van der Waals surface area contributed by atoms with Crippen LogP contribution in [-0.2, 0) is 14.3 Å². The van der Waals surface area contributed by atoms with Gasteiger partial charge in [0.2, 0.25) is 12.7 Å². The third kappa shape index (κ3) is 10.4. The van der Waals surface area contributed by atoms with Gasteiger partial charge in [-0.15, -0.1) is 0 Å². The zero-order valence-corrected chi connectivity index (χ0v) is 11.1. The Labute approximate surface area is 114 Å². The maximum atomic E-state index is 11.0. The largest absolute Gasteiger partial charge is 0.412 e. The van der Waals surface area contributed by atoms with Crippen LogP contribution in [0, 0.1) is 0 Å². The minimum Gasteiger partial charge on any atom is -0.412 e. The van der Waals surface area contributed by atoms with Crippen LogP contribution in [0.1, 0.15) is 6.92 Å².